The van der Waals surface area contributed by atoms with Crippen LogP contribution in [0.3, 0.4) is 0 Å². The van der Waals surface area contributed by atoms with Crippen molar-refractivity contribution in [2.45, 2.75) is 32.2 Å². The number of nitrogens with one attached hydrogen (secondary N) is 1. The third-order valence-corrected chi connectivity index (χ3v) is 3.50. The van der Waals surface area contributed by atoms with E-state index >= 15 is 0 Å². The summed E-state index contributed by atoms with van der Waals surface area (Å²) in [6, 6.07) is 1.78. The molecule has 0 radical (unpaired) electrons. The van der Waals surface area contributed by atoms with Gasteiger partial charge in [0.15, 0.2) is 0 Å². The molecule has 0 aromatic carbocycles. The van der Waals surface area contributed by atoms with E-state index in [0.29, 0.717) is 22.3 Å². The minimum atomic E-state index is -0.404. The maximum absolute atomic E-state index is 10.9. The fraction of sp³-hybridized carbons (Fsp3) is 0.545. The maximum atomic E-state index is 10.9. The lowest BCUT2D eigenvalue weighted by atomic mass is 10.1. The Kier molecular flexibility index (Phi) is 3.61. The molecule has 1 aliphatic rings. The predicted octanol–water partition coefficient (Wildman–Crippen LogP) is 3.35. The zero-order chi connectivity index (χ0) is 12.4. The van der Waals surface area contributed by atoms with Gasteiger partial charge in [-0.05, 0) is 41.1 Å². The smallest absolute Gasteiger partial charge is 0.312 e. The second kappa shape index (κ2) is 5.00. The summed E-state index contributed by atoms with van der Waals surface area (Å²) in [5.74, 6) is 1.05. The van der Waals surface area contributed by atoms with Gasteiger partial charge in [-0.2, -0.15) is 0 Å². The van der Waals surface area contributed by atoms with Crippen LogP contribution in [-0.4, -0.2) is 15.9 Å². The molecule has 2 rings (SSSR count). The number of anilines is 1. The van der Waals surface area contributed by atoms with Gasteiger partial charge in [-0.25, -0.2) is 4.98 Å². The zero-order valence-electron chi connectivity index (χ0n) is 9.52. The zero-order valence-corrected chi connectivity index (χ0v) is 11.1. The molecular formula is C11H14BrN3O2. The van der Waals surface area contributed by atoms with Crippen molar-refractivity contribution in [2.24, 2.45) is 5.92 Å². The van der Waals surface area contributed by atoms with E-state index in [0.717, 1.165) is 12.8 Å². The molecule has 0 amide bonds. The Bertz CT molecular complexity index is 439. The standard InChI is InChI=1S/C11H14BrN3O2/c1-7-2-3-9(4-7)14-11-10(15(16)17)5-8(12)6-13-11/h5-7,9H,2-4H2,1H3,(H,13,14). The van der Waals surface area contributed by atoms with Crippen LogP contribution >= 0.6 is 15.9 Å². The molecule has 0 bridgehead atoms. The van der Waals surface area contributed by atoms with Crippen molar-refractivity contribution in [3.63, 3.8) is 0 Å². The van der Waals surface area contributed by atoms with Gasteiger partial charge in [0.05, 0.1) is 4.92 Å². The van der Waals surface area contributed by atoms with E-state index in [9.17, 15) is 10.1 Å². The molecule has 0 saturated heterocycles. The highest BCUT2D eigenvalue weighted by atomic mass is 79.9. The van der Waals surface area contributed by atoms with Gasteiger partial charge in [-0.3, -0.25) is 10.1 Å². The van der Waals surface area contributed by atoms with Gasteiger partial charge in [-0.1, -0.05) is 6.92 Å². The molecule has 6 heteroatoms. The van der Waals surface area contributed by atoms with Crippen LogP contribution in [0.5, 0.6) is 0 Å². The monoisotopic (exact) mass is 299 g/mol. The van der Waals surface area contributed by atoms with Gasteiger partial charge in [0.2, 0.25) is 5.82 Å². The number of hydrogen-bond donors (Lipinski definition) is 1. The van der Waals surface area contributed by atoms with Crippen molar-refractivity contribution < 1.29 is 4.92 Å². The molecule has 1 N–H and O–H groups in total. The number of nitro groups is 1. The summed E-state index contributed by atoms with van der Waals surface area (Å²) in [6.07, 6.45) is 4.85. The number of pyridine rings is 1. The van der Waals surface area contributed by atoms with Crippen molar-refractivity contribution in [3.05, 3.63) is 26.9 Å². The van der Waals surface area contributed by atoms with Crippen LogP contribution in [0.1, 0.15) is 26.2 Å². The summed E-state index contributed by atoms with van der Waals surface area (Å²) in [6.45, 7) is 2.20. The summed E-state index contributed by atoms with van der Waals surface area (Å²) >= 11 is 3.19. The first-order chi connectivity index (χ1) is 8.06. The first-order valence-electron chi connectivity index (χ1n) is 5.62. The molecule has 1 aliphatic carbocycles. The number of nitrogens with zero attached hydrogens (tertiary/aromatic N) is 2. The van der Waals surface area contributed by atoms with Crippen molar-refractivity contribution in [1.29, 1.82) is 0 Å². The molecule has 1 saturated carbocycles. The lowest BCUT2D eigenvalue weighted by Gasteiger charge is -2.13. The average Bonchev–Trinajstić information content (AvgIpc) is 2.66. The molecule has 92 valence electrons. The quantitative estimate of drug-likeness (QED) is 0.686. The van der Waals surface area contributed by atoms with E-state index in [2.05, 4.69) is 33.2 Å². The molecule has 2 unspecified atom stereocenters. The minimum Gasteiger partial charge on any atom is -0.362 e. The molecule has 0 aliphatic heterocycles. The molecule has 1 fully saturated rings. The Morgan fingerprint density at radius 3 is 2.94 bits per heavy atom. The molecule has 0 spiro atoms. The normalized spacial score (nSPS) is 23.6. The van der Waals surface area contributed by atoms with Gasteiger partial charge in [0.1, 0.15) is 0 Å². The predicted molar refractivity (Wildman–Crippen MR) is 69.0 cm³/mol. The Hall–Kier alpha value is -1.17. The SMILES string of the molecule is CC1CCC(Nc2ncc(Br)cc2[N+](=O)[O-])C1. The van der Waals surface area contributed by atoms with Gasteiger partial charge in [-0.15, -0.1) is 0 Å². The van der Waals surface area contributed by atoms with Crippen molar-refractivity contribution in [2.75, 3.05) is 5.32 Å². The topological polar surface area (TPSA) is 68.1 Å². The van der Waals surface area contributed by atoms with E-state index in [1.165, 1.54) is 12.5 Å². The van der Waals surface area contributed by atoms with Gasteiger partial charge >= 0.3 is 5.69 Å². The highest BCUT2D eigenvalue weighted by Gasteiger charge is 2.24. The maximum Gasteiger partial charge on any atom is 0.312 e. The van der Waals surface area contributed by atoms with E-state index < -0.39 is 4.92 Å². The van der Waals surface area contributed by atoms with Crippen LogP contribution in [0.15, 0.2) is 16.7 Å². The van der Waals surface area contributed by atoms with Gasteiger partial charge in [0.25, 0.3) is 0 Å². The Morgan fingerprint density at radius 2 is 2.35 bits per heavy atom. The summed E-state index contributed by atoms with van der Waals surface area (Å²) in [5.41, 5.74) is 0.0268. The van der Waals surface area contributed by atoms with E-state index in [4.69, 9.17) is 0 Å². The van der Waals surface area contributed by atoms with E-state index in [1.807, 2.05) is 0 Å². The van der Waals surface area contributed by atoms with Gasteiger partial charge in [0, 0.05) is 22.8 Å². The number of rotatable bonds is 3. The number of aromatic nitrogens is 1. The van der Waals surface area contributed by atoms with Crippen LogP contribution in [0.4, 0.5) is 11.5 Å². The Labute approximate surface area is 108 Å². The van der Waals surface area contributed by atoms with Gasteiger partial charge < -0.3 is 5.32 Å². The van der Waals surface area contributed by atoms with E-state index in [-0.39, 0.29) is 5.69 Å². The fourth-order valence-corrected chi connectivity index (χ4v) is 2.53. The van der Waals surface area contributed by atoms with Crippen LogP contribution in [0.25, 0.3) is 0 Å². The van der Waals surface area contributed by atoms with Crippen molar-refractivity contribution in [1.82, 2.24) is 4.98 Å². The summed E-state index contributed by atoms with van der Waals surface area (Å²) in [4.78, 5) is 14.6. The Morgan fingerprint density at radius 1 is 1.59 bits per heavy atom. The number of halogens is 1. The minimum absolute atomic E-state index is 0.0268. The summed E-state index contributed by atoms with van der Waals surface area (Å²) in [5, 5.41) is 14.1. The van der Waals surface area contributed by atoms with E-state index in [1.54, 1.807) is 6.20 Å². The fourth-order valence-electron chi connectivity index (χ4n) is 2.21. The first kappa shape index (κ1) is 12.3. The van der Waals surface area contributed by atoms with Crippen molar-refractivity contribution >= 4 is 27.4 Å². The lowest BCUT2D eigenvalue weighted by Crippen LogP contribution is -2.17. The summed E-state index contributed by atoms with van der Waals surface area (Å²) in [7, 11) is 0. The number of hydrogen-bond acceptors (Lipinski definition) is 4. The van der Waals surface area contributed by atoms with Crippen LogP contribution in [0.2, 0.25) is 0 Å². The molecular weight excluding hydrogens is 286 g/mol. The lowest BCUT2D eigenvalue weighted by molar-refractivity contribution is -0.384. The molecule has 5 nitrogen and oxygen atoms in total. The third kappa shape index (κ3) is 2.94. The average molecular weight is 300 g/mol. The first-order valence-corrected chi connectivity index (χ1v) is 6.42. The molecule has 1 heterocycles. The summed E-state index contributed by atoms with van der Waals surface area (Å²) < 4.78 is 0.620. The van der Waals surface area contributed by atoms with Crippen molar-refractivity contribution in [3.8, 4) is 0 Å². The molecule has 1 aromatic heterocycles. The van der Waals surface area contributed by atoms with Crippen LogP contribution in [0, 0.1) is 16.0 Å². The second-order valence-electron chi connectivity index (χ2n) is 4.54. The molecule has 1 aromatic rings. The molecule has 2 atom stereocenters. The molecule has 17 heavy (non-hydrogen) atoms. The van der Waals surface area contributed by atoms with Crippen LogP contribution < -0.4 is 5.32 Å². The highest BCUT2D eigenvalue weighted by molar-refractivity contribution is 9.10. The highest BCUT2D eigenvalue weighted by Crippen LogP contribution is 2.31. The second-order valence-corrected chi connectivity index (χ2v) is 5.45. The third-order valence-electron chi connectivity index (χ3n) is 3.07. The largest absolute Gasteiger partial charge is 0.362 e. The van der Waals surface area contributed by atoms with Crippen LogP contribution in [-0.2, 0) is 0 Å². The Balaban J connectivity index is 2.17.